The van der Waals surface area contributed by atoms with E-state index < -0.39 is 10.0 Å². The summed E-state index contributed by atoms with van der Waals surface area (Å²) in [6.07, 6.45) is 1.08. The molecule has 2 aromatic rings. The van der Waals surface area contributed by atoms with Crippen LogP contribution in [0, 0.1) is 0 Å². The molecule has 0 atom stereocenters. The molecule has 1 aliphatic heterocycles. The molecule has 0 spiro atoms. The summed E-state index contributed by atoms with van der Waals surface area (Å²) in [4.78, 5) is 5.59. The van der Waals surface area contributed by atoms with Gasteiger partial charge in [-0.25, -0.2) is 8.42 Å². The van der Waals surface area contributed by atoms with Crippen LogP contribution in [0.25, 0.3) is 0 Å². The highest BCUT2D eigenvalue weighted by atomic mass is 35.5. The fourth-order valence-corrected chi connectivity index (χ4v) is 4.50. The van der Waals surface area contributed by atoms with Crippen LogP contribution >= 0.6 is 23.2 Å². The molecule has 1 fully saturated rings. The molecule has 0 amide bonds. The Labute approximate surface area is 163 Å². The molecule has 1 heterocycles. The third-order valence-corrected chi connectivity index (χ3v) is 6.45. The number of nitrogens with zero attached hydrogens (tertiary/aromatic N) is 2. The zero-order valence-electron chi connectivity index (χ0n) is 13.9. The van der Waals surface area contributed by atoms with E-state index in [1.807, 2.05) is 12.1 Å². The summed E-state index contributed by atoms with van der Waals surface area (Å²) in [6, 6.07) is 13.7. The first kappa shape index (κ1) is 19.2. The standard InChI is InChI=1S/C18H18Cl2N2O3S/c19-15-6-4-14(5-7-15)13-25-21-17-8-10-22(11-9-17)26(23,24)18-3-1-2-16(20)12-18/h1-7,12H,8-11,13H2. The smallest absolute Gasteiger partial charge is 0.243 e. The van der Waals surface area contributed by atoms with Crippen molar-refractivity contribution in [2.45, 2.75) is 24.3 Å². The van der Waals surface area contributed by atoms with Crippen LogP contribution in [0.4, 0.5) is 0 Å². The Morgan fingerprint density at radius 1 is 1.00 bits per heavy atom. The molecule has 0 saturated carbocycles. The number of oxime groups is 1. The van der Waals surface area contributed by atoms with E-state index in [4.69, 9.17) is 28.0 Å². The van der Waals surface area contributed by atoms with Gasteiger partial charge in [0.05, 0.1) is 10.6 Å². The van der Waals surface area contributed by atoms with Crippen molar-refractivity contribution in [1.29, 1.82) is 0 Å². The van der Waals surface area contributed by atoms with E-state index in [1.165, 1.54) is 10.4 Å². The van der Waals surface area contributed by atoms with E-state index in [-0.39, 0.29) is 4.90 Å². The third-order valence-electron chi connectivity index (χ3n) is 4.07. The van der Waals surface area contributed by atoms with Crippen molar-refractivity contribution in [3.63, 3.8) is 0 Å². The number of piperidine rings is 1. The van der Waals surface area contributed by atoms with Gasteiger partial charge in [0.1, 0.15) is 6.61 Å². The molecule has 0 N–H and O–H groups in total. The van der Waals surface area contributed by atoms with E-state index in [2.05, 4.69) is 5.16 Å². The first-order valence-corrected chi connectivity index (χ1v) is 10.3. The summed E-state index contributed by atoms with van der Waals surface area (Å²) < 4.78 is 26.8. The minimum absolute atomic E-state index is 0.212. The van der Waals surface area contributed by atoms with Gasteiger partial charge in [0.2, 0.25) is 10.0 Å². The zero-order valence-corrected chi connectivity index (χ0v) is 16.3. The number of benzene rings is 2. The minimum Gasteiger partial charge on any atom is -0.391 e. The van der Waals surface area contributed by atoms with Crippen molar-refractivity contribution in [2.24, 2.45) is 5.16 Å². The van der Waals surface area contributed by atoms with Gasteiger partial charge in [-0.1, -0.05) is 46.6 Å². The van der Waals surface area contributed by atoms with Gasteiger partial charge < -0.3 is 4.84 Å². The molecule has 1 aliphatic rings. The highest BCUT2D eigenvalue weighted by Gasteiger charge is 2.28. The van der Waals surface area contributed by atoms with Gasteiger partial charge in [0, 0.05) is 36.0 Å². The third kappa shape index (κ3) is 4.76. The Morgan fingerprint density at radius 3 is 2.35 bits per heavy atom. The molecule has 2 aromatic carbocycles. The van der Waals surface area contributed by atoms with Crippen molar-refractivity contribution in [2.75, 3.05) is 13.1 Å². The monoisotopic (exact) mass is 412 g/mol. The summed E-state index contributed by atoms with van der Waals surface area (Å²) in [5, 5.41) is 5.22. The maximum Gasteiger partial charge on any atom is 0.243 e. The van der Waals surface area contributed by atoms with Crippen LogP contribution < -0.4 is 0 Å². The number of halogens is 2. The Morgan fingerprint density at radius 2 is 1.69 bits per heavy atom. The fraction of sp³-hybridized carbons (Fsp3) is 0.278. The summed E-state index contributed by atoms with van der Waals surface area (Å²) in [7, 11) is -3.53. The van der Waals surface area contributed by atoms with E-state index in [0.29, 0.717) is 42.6 Å². The van der Waals surface area contributed by atoms with Crippen LogP contribution in [0.2, 0.25) is 10.0 Å². The van der Waals surface area contributed by atoms with Crippen LogP contribution in [0.5, 0.6) is 0 Å². The molecule has 0 aromatic heterocycles. The summed E-state index contributed by atoms with van der Waals surface area (Å²) in [5.74, 6) is 0. The highest BCUT2D eigenvalue weighted by molar-refractivity contribution is 7.89. The zero-order chi connectivity index (χ0) is 18.6. The van der Waals surface area contributed by atoms with E-state index in [0.717, 1.165) is 11.3 Å². The minimum atomic E-state index is -3.53. The second kappa shape index (κ2) is 8.39. The average molecular weight is 413 g/mol. The van der Waals surface area contributed by atoms with Crippen molar-refractivity contribution in [3.05, 3.63) is 64.1 Å². The van der Waals surface area contributed by atoms with Crippen molar-refractivity contribution in [1.82, 2.24) is 4.31 Å². The first-order valence-electron chi connectivity index (χ1n) is 8.13. The van der Waals surface area contributed by atoms with Gasteiger partial charge in [-0.15, -0.1) is 0 Å². The molecule has 0 radical (unpaired) electrons. The Kier molecular flexibility index (Phi) is 6.19. The lowest BCUT2D eigenvalue weighted by molar-refractivity contribution is 0.128. The molecule has 26 heavy (non-hydrogen) atoms. The number of rotatable bonds is 5. The van der Waals surface area contributed by atoms with Gasteiger partial charge in [0.15, 0.2) is 0 Å². The SMILES string of the molecule is O=S(=O)(c1cccc(Cl)c1)N1CCC(=NOCc2ccc(Cl)cc2)CC1. The summed E-state index contributed by atoms with van der Waals surface area (Å²) in [6.45, 7) is 1.10. The Balaban J connectivity index is 1.56. The normalized spacial score (nSPS) is 15.7. The number of hydrogen-bond donors (Lipinski definition) is 0. The Bertz CT molecular complexity index is 889. The van der Waals surface area contributed by atoms with Gasteiger partial charge >= 0.3 is 0 Å². The number of hydrogen-bond acceptors (Lipinski definition) is 4. The molecular weight excluding hydrogens is 395 g/mol. The van der Waals surface area contributed by atoms with Crippen molar-refractivity contribution in [3.8, 4) is 0 Å². The number of sulfonamides is 1. The van der Waals surface area contributed by atoms with Gasteiger partial charge in [-0.3, -0.25) is 0 Å². The predicted molar refractivity (Wildman–Crippen MR) is 103 cm³/mol. The molecule has 138 valence electrons. The van der Waals surface area contributed by atoms with Gasteiger partial charge in [-0.05, 0) is 35.9 Å². The Hall–Kier alpha value is -1.60. The van der Waals surface area contributed by atoms with E-state index in [9.17, 15) is 8.42 Å². The van der Waals surface area contributed by atoms with Crippen LogP contribution in [0.1, 0.15) is 18.4 Å². The predicted octanol–water partition coefficient (Wildman–Crippen LogP) is 4.35. The van der Waals surface area contributed by atoms with Gasteiger partial charge in [-0.2, -0.15) is 4.31 Å². The molecule has 5 nitrogen and oxygen atoms in total. The molecule has 3 rings (SSSR count). The van der Waals surface area contributed by atoms with E-state index >= 15 is 0 Å². The van der Waals surface area contributed by atoms with Crippen molar-refractivity contribution >= 4 is 38.9 Å². The largest absolute Gasteiger partial charge is 0.391 e. The molecule has 0 bridgehead atoms. The second-order valence-corrected chi connectivity index (χ2v) is 8.73. The van der Waals surface area contributed by atoms with Crippen molar-refractivity contribution < 1.29 is 13.3 Å². The van der Waals surface area contributed by atoms with E-state index in [1.54, 1.807) is 30.3 Å². The van der Waals surface area contributed by atoms with Crippen LogP contribution in [-0.4, -0.2) is 31.5 Å². The average Bonchev–Trinajstić information content (AvgIpc) is 2.64. The first-order chi connectivity index (χ1) is 12.4. The van der Waals surface area contributed by atoms with Crippen LogP contribution in [0.15, 0.2) is 58.6 Å². The quantitative estimate of drug-likeness (QED) is 0.685. The maximum atomic E-state index is 12.7. The second-order valence-electron chi connectivity index (χ2n) is 5.92. The molecule has 8 heteroatoms. The van der Waals surface area contributed by atoms with Crippen LogP contribution in [-0.2, 0) is 21.5 Å². The molecule has 0 unspecified atom stereocenters. The lowest BCUT2D eigenvalue weighted by Crippen LogP contribution is -2.38. The van der Waals surface area contributed by atoms with Crippen LogP contribution in [0.3, 0.4) is 0 Å². The summed E-state index contributed by atoms with van der Waals surface area (Å²) in [5.41, 5.74) is 1.83. The molecular formula is C18H18Cl2N2O3S. The summed E-state index contributed by atoms with van der Waals surface area (Å²) >= 11 is 11.7. The highest BCUT2D eigenvalue weighted by Crippen LogP contribution is 2.22. The van der Waals surface area contributed by atoms with Gasteiger partial charge in [0.25, 0.3) is 0 Å². The molecule has 1 saturated heterocycles. The maximum absolute atomic E-state index is 12.7. The lowest BCUT2D eigenvalue weighted by Gasteiger charge is -2.26. The topological polar surface area (TPSA) is 59.0 Å². The lowest BCUT2D eigenvalue weighted by atomic mass is 10.1. The fourth-order valence-electron chi connectivity index (χ4n) is 2.63. The molecule has 0 aliphatic carbocycles.